The minimum atomic E-state index is -0.501. The number of hydrogen-bond donors (Lipinski definition) is 0. The molecule has 1 aliphatic heterocycles. The number of benzene rings is 3. The number of cyclic esters (lactones) is 1. The van der Waals surface area contributed by atoms with Gasteiger partial charge in [-0.1, -0.05) is 29.8 Å². The van der Waals surface area contributed by atoms with Crippen LogP contribution in [0.1, 0.15) is 23.6 Å². The summed E-state index contributed by atoms with van der Waals surface area (Å²) in [6.45, 7) is 2.72. The lowest BCUT2D eigenvalue weighted by Crippen LogP contribution is -2.05. The van der Waals surface area contributed by atoms with Crippen molar-refractivity contribution >= 4 is 68.1 Å². The van der Waals surface area contributed by atoms with Crippen LogP contribution in [0.25, 0.3) is 6.08 Å². The second-order valence-electron chi connectivity index (χ2n) is 7.02. The Hall–Kier alpha value is -2.36. The van der Waals surface area contributed by atoms with Crippen molar-refractivity contribution in [1.82, 2.24) is 0 Å². The molecule has 4 rings (SSSR count). The summed E-state index contributed by atoms with van der Waals surface area (Å²) >= 11 is 11.8. The third-order valence-corrected chi connectivity index (χ3v) is 7.21. The van der Waals surface area contributed by atoms with Crippen LogP contribution in [0.5, 0.6) is 11.5 Å². The lowest BCUT2D eigenvalue weighted by atomic mass is 10.1. The van der Waals surface area contributed by atoms with Crippen LogP contribution in [-0.4, -0.2) is 18.5 Å². The van der Waals surface area contributed by atoms with Crippen LogP contribution in [0.2, 0.25) is 5.02 Å². The molecule has 5 nitrogen and oxygen atoms in total. The highest BCUT2D eigenvalue weighted by Crippen LogP contribution is 2.31. The first-order valence-electron chi connectivity index (χ1n) is 10.0. The van der Waals surface area contributed by atoms with Crippen molar-refractivity contribution in [1.29, 1.82) is 0 Å². The second kappa shape index (κ2) is 10.7. The summed E-state index contributed by atoms with van der Waals surface area (Å²) in [4.78, 5) is 16.8. The Balaban J connectivity index is 1.56. The van der Waals surface area contributed by atoms with Crippen molar-refractivity contribution in [3.63, 3.8) is 0 Å². The predicted octanol–water partition coefficient (Wildman–Crippen LogP) is 7.03. The molecule has 0 atom stereocenters. The van der Waals surface area contributed by atoms with E-state index < -0.39 is 5.97 Å². The molecule has 0 radical (unpaired) electrons. The summed E-state index contributed by atoms with van der Waals surface area (Å²) in [5.41, 5.74) is 2.64. The van der Waals surface area contributed by atoms with E-state index in [9.17, 15) is 4.79 Å². The van der Waals surface area contributed by atoms with Gasteiger partial charge >= 0.3 is 5.97 Å². The van der Waals surface area contributed by atoms with Crippen molar-refractivity contribution in [2.75, 3.05) is 6.61 Å². The smallest absolute Gasteiger partial charge is 0.363 e. The van der Waals surface area contributed by atoms with Crippen molar-refractivity contribution in [2.24, 2.45) is 4.99 Å². The minimum Gasteiger partial charge on any atom is -0.490 e. The number of carbonyl (C=O) groups is 1. The molecule has 0 N–H and O–H groups in total. The van der Waals surface area contributed by atoms with Gasteiger partial charge in [-0.15, -0.1) is 0 Å². The van der Waals surface area contributed by atoms with Crippen LogP contribution in [0.3, 0.4) is 0 Å². The third kappa shape index (κ3) is 5.96. The third-order valence-electron chi connectivity index (χ3n) is 4.64. The summed E-state index contributed by atoms with van der Waals surface area (Å²) in [7, 11) is 0. The Morgan fingerprint density at radius 1 is 1.09 bits per heavy atom. The van der Waals surface area contributed by atoms with Crippen LogP contribution in [-0.2, 0) is 16.1 Å². The molecule has 0 amide bonds. The van der Waals surface area contributed by atoms with E-state index >= 15 is 0 Å². The maximum absolute atomic E-state index is 12.4. The molecule has 3 aromatic carbocycles. The van der Waals surface area contributed by atoms with Gasteiger partial charge in [-0.25, -0.2) is 9.79 Å². The summed E-state index contributed by atoms with van der Waals surface area (Å²) in [5.74, 6) is 0.945. The van der Waals surface area contributed by atoms with Crippen molar-refractivity contribution in [3.8, 4) is 11.5 Å². The first kappa shape index (κ1) is 23.8. The molecule has 0 aliphatic carbocycles. The Morgan fingerprint density at radius 3 is 2.70 bits per heavy atom. The summed E-state index contributed by atoms with van der Waals surface area (Å²) < 4.78 is 19.0. The molecule has 0 saturated heterocycles. The first-order valence-corrected chi connectivity index (χ1v) is 12.3. The normalized spacial score (nSPS) is 14.2. The van der Waals surface area contributed by atoms with Gasteiger partial charge in [-0.05, 0) is 105 Å². The second-order valence-corrected chi connectivity index (χ2v) is 9.48. The number of carbonyl (C=O) groups excluding carboxylic acids is 1. The van der Waals surface area contributed by atoms with Gasteiger partial charge in [0, 0.05) is 18.6 Å². The molecule has 0 bridgehead atoms. The van der Waals surface area contributed by atoms with Gasteiger partial charge in [0.15, 0.2) is 17.2 Å². The summed E-state index contributed by atoms with van der Waals surface area (Å²) in [5, 5.41) is 0.657. The van der Waals surface area contributed by atoms with E-state index in [0.29, 0.717) is 29.7 Å². The Bertz CT molecular complexity index is 1280. The molecule has 0 spiro atoms. The van der Waals surface area contributed by atoms with E-state index in [0.717, 1.165) is 24.7 Å². The molecular weight excluding hydrogens is 621 g/mol. The van der Waals surface area contributed by atoms with E-state index in [1.807, 2.05) is 67.6 Å². The monoisotopic (exact) mass is 637 g/mol. The van der Waals surface area contributed by atoms with Gasteiger partial charge < -0.3 is 14.2 Å². The Kier molecular flexibility index (Phi) is 7.72. The Morgan fingerprint density at radius 2 is 1.94 bits per heavy atom. The van der Waals surface area contributed by atoms with Crippen LogP contribution in [0.15, 0.2) is 75.8 Å². The fourth-order valence-corrected chi connectivity index (χ4v) is 4.04. The maximum Gasteiger partial charge on any atom is 0.363 e. The maximum atomic E-state index is 12.4. The molecule has 1 heterocycles. The number of rotatable bonds is 7. The van der Waals surface area contributed by atoms with Gasteiger partial charge in [-0.3, -0.25) is 0 Å². The lowest BCUT2D eigenvalue weighted by Gasteiger charge is -2.13. The standard InChI is InChI=1S/C25H18BrClINO4/c1-2-31-23-12-15(6-9-22(23)32-14-16-4-3-5-18(27)10-16)11-21-25(30)33-24(29-21)17-7-8-20(28)19(26)13-17/h3-13H,2,14H2,1H3/b21-11-. The van der Waals surface area contributed by atoms with Crippen molar-refractivity contribution in [2.45, 2.75) is 13.5 Å². The van der Waals surface area contributed by atoms with Gasteiger partial charge in [-0.2, -0.15) is 0 Å². The average Bonchev–Trinajstić information content (AvgIpc) is 3.15. The predicted molar refractivity (Wildman–Crippen MR) is 141 cm³/mol. The topological polar surface area (TPSA) is 57.1 Å². The molecule has 33 heavy (non-hydrogen) atoms. The van der Waals surface area contributed by atoms with Crippen molar-refractivity contribution in [3.05, 3.63) is 96.1 Å². The molecule has 0 fully saturated rings. The SMILES string of the molecule is CCOc1cc(/C=C2\N=C(c3ccc(I)c(Br)c3)OC2=O)ccc1OCc1cccc(Cl)c1. The number of halogens is 3. The molecule has 8 heteroatoms. The lowest BCUT2D eigenvalue weighted by molar-refractivity contribution is -0.129. The zero-order valence-corrected chi connectivity index (χ0v) is 22.0. The quantitative estimate of drug-likeness (QED) is 0.159. The largest absolute Gasteiger partial charge is 0.490 e. The number of esters is 1. The minimum absolute atomic E-state index is 0.217. The number of nitrogens with zero attached hydrogens (tertiary/aromatic N) is 1. The zero-order chi connectivity index (χ0) is 23.4. The number of ether oxygens (including phenoxy) is 3. The van der Waals surface area contributed by atoms with Crippen LogP contribution in [0, 0.1) is 3.57 Å². The molecule has 1 aliphatic rings. The average molecular weight is 639 g/mol. The van der Waals surface area contributed by atoms with Crippen LogP contribution in [0.4, 0.5) is 0 Å². The highest BCUT2D eigenvalue weighted by Gasteiger charge is 2.24. The molecule has 0 aromatic heterocycles. The van der Waals surface area contributed by atoms with Gasteiger partial charge in [0.25, 0.3) is 0 Å². The van der Waals surface area contributed by atoms with Crippen LogP contribution < -0.4 is 9.47 Å². The highest BCUT2D eigenvalue weighted by molar-refractivity contribution is 14.1. The van der Waals surface area contributed by atoms with Gasteiger partial charge in [0.05, 0.1) is 6.61 Å². The fourth-order valence-electron chi connectivity index (χ4n) is 3.11. The van der Waals surface area contributed by atoms with Gasteiger partial charge in [0.2, 0.25) is 5.90 Å². The molecule has 0 saturated carbocycles. The Labute approximate surface area is 218 Å². The van der Waals surface area contributed by atoms with Gasteiger partial charge in [0.1, 0.15) is 6.61 Å². The first-order chi connectivity index (χ1) is 15.9. The fraction of sp³-hybridized carbons (Fsp3) is 0.120. The zero-order valence-electron chi connectivity index (χ0n) is 17.5. The molecular formula is C25H18BrClINO4. The van der Waals surface area contributed by atoms with E-state index in [1.165, 1.54) is 0 Å². The van der Waals surface area contributed by atoms with E-state index in [2.05, 4.69) is 43.5 Å². The van der Waals surface area contributed by atoms with E-state index in [4.69, 9.17) is 25.8 Å². The molecule has 168 valence electrons. The summed E-state index contributed by atoms with van der Waals surface area (Å²) in [6, 6.07) is 18.6. The molecule has 0 unspecified atom stereocenters. The van der Waals surface area contributed by atoms with E-state index in [1.54, 1.807) is 6.08 Å². The number of hydrogen-bond acceptors (Lipinski definition) is 5. The van der Waals surface area contributed by atoms with Crippen molar-refractivity contribution < 1.29 is 19.0 Å². The van der Waals surface area contributed by atoms with Crippen LogP contribution >= 0.6 is 50.1 Å². The van der Waals surface area contributed by atoms with E-state index in [-0.39, 0.29) is 11.6 Å². The number of aliphatic imine (C=N–C) groups is 1. The molecule has 3 aromatic rings. The summed E-state index contributed by atoms with van der Waals surface area (Å²) in [6.07, 6.45) is 1.67. The highest BCUT2D eigenvalue weighted by atomic mass is 127.